The van der Waals surface area contributed by atoms with Crippen LogP contribution in [0.3, 0.4) is 0 Å². The third kappa shape index (κ3) is 6.00. The highest BCUT2D eigenvalue weighted by atomic mass is 32.2. The van der Waals surface area contributed by atoms with Crippen LogP contribution in [0.5, 0.6) is 0 Å². The van der Waals surface area contributed by atoms with Crippen LogP contribution in [0, 0.1) is 24.2 Å². The number of pyridine rings is 1. The van der Waals surface area contributed by atoms with E-state index in [2.05, 4.69) is 31.7 Å². The summed E-state index contributed by atoms with van der Waals surface area (Å²) >= 11 is 6.96. The molecule has 35 heavy (non-hydrogen) atoms. The van der Waals surface area contributed by atoms with Gasteiger partial charge in [0.15, 0.2) is 0 Å². The van der Waals surface area contributed by atoms with E-state index < -0.39 is 0 Å². The number of aromatic nitrogens is 1. The number of anilines is 1. The smallest absolute Gasteiger partial charge is 0.270 e. The van der Waals surface area contributed by atoms with Crippen LogP contribution < -0.4 is 10.5 Å². The predicted molar refractivity (Wildman–Crippen MR) is 150 cm³/mol. The molecule has 0 aliphatic carbocycles. The molecule has 2 saturated heterocycles. The number of thiocarbonyl (C=S) groups is 1. The van der Waals surface area contributed by atoms with Crippen LogP contribution in [0.25, 0.3) is 6.08 Å². The summed E-state index contributed by atoms with van der Waals surface area (Å²) in [7, 11) is 0. The summed E-state index contributed by atoms with van der Waals surface area (Å²) in [5.74, 6) is 1.21. The third-order valence-corrected chi connectivity index (χ3v) is 8.50. The molecule has 1 aromatic rings. The normalized spacial score (nSPS) is 18.1. The predicted octanol–water partition coefficient (Wildman–Crippen LogP) is 5.85. The van der Waals surface area contributed by atoms with Crippen LogP contribution in [0.4, 0.5) is 5.82 Å². The van der Waals surface area contributed by atoms with Gasteiger partial charge in [0.25, 0.3) is 11.5 Å². The highest BCUT2D eigenvalue weighted by molar-refractivity contribution is 8.26. The van der Waals surface area contributed by atoms with Crippen molar-refractivity contribution in [2.24, 2.45) is 5.92 Å². The molecule has 1 atom stereocenters. The number of nitrogens with zero attached hydrogens (tertiary/aromatic N) is 4. The van der Waals surface area contributed by atoms with Crippen molar-refractivity contribution in [3.05, 3.63) is 31.9 Å². The van der Waals surface area contributed by atoms with Gasteiger partial charge in [0.2, 0.25) is 0 Å². The second-order valence-electron chi connectivity index (χ2n) is 9.56. The summed E-state index contributed by atoms with van der Waals surface area (Å²) in [5.41, 5.74) is 1.38. The molecule has 0 radical (unpaired) electrons. The molecule has 0 saturated carbocycles. The minimum absolute atomic E-state index is 0.0634. The molecule has 0 aromatic carbocycles. The van der Waals surface area contributed by atoms with Crippen molar-refractivity contribution < 1.29 is 4.79 Å². The zero-order valence-electron chi connectivity index (χ0n) is 21.6. The minimum Gasteiger partial charge on any atom is -0.357 e. The summed E-state index contributed by atoms with van der Waals surface area (Å²) < 4.78 is 2.36. The second-order valence-corrected chi connectivity index (χ2v) is 11.2. The third-order valence-electron chi connectivity index (χ3n) is 7.12. The number of amides is 1. The molecule has 3 rings (SSSR count). The van der Waals surface area contributed by atoms with Gasteiger partial charge in [-0.3, -0.25) is 19.1 Å². The van der Waals surface area contributed by atoms with E-state index in [1.54, 1.807) is 9.47 Å². The fraction of sp³-hybridized carbons (Fsp3) is 0.630. The van der Waals surface area contributed by atoms with Crippen molar-refractivity contribution in [1.82, 2.24) is 9.47 Å². The van der Waals surface area contributed by atoms with Gasteiger partial charge < -0.3 is 4.90 Å². The van der Waals surface area contributed by atoms with E-state index in [1.807, 2.05) is 13.0 Å². The maximum atomic E-state index is 13.5. The van der Waals surface area contributed by atoms with E-state index in [1.165, 1.54) is 11.8 Å². The molecule has 190 valence electrons. The van der Waals surface area contributed by atoms with Gasteiger partial charge in [-0.05, 0) is 50.2 Å². The van der Waals surface area contributed by atoms with Gasteiger partial charge in [0.05, 0.1) is 4.91 Å². The van der Waals surface area contributed by atoms with E-state index in [4.69, 9.17) is 12.2 Å². The monoisotopic (exact) mass is 514 g/mol. The maximum Gasteiger partial charge on any atom is 0.270 e. The van der Waals surface area contributed by atoms with Crippen LogP contribution >= 0.6 is 24.0 Å². The molecule has 0 bridgehead atoms. The fourth-order valence-corrected chi connectivity index (χ4v) is 6.16. The summed E-state index contributed by atoms with van der Waals surface area (Å²) in [6.07, 6.45) is 10.2. The number of carbonyl (C=O) groups excluding carboxylic acids is 1. The van der Waals surface area contributed by atoms with Crippen molar-refractivity contribution in [2.45, 2.75) is 85.6 Å². The molecule has 1 unspecified atom stereocenters. The molecule has 6 nitrogen and oxygen atoms in total. The quantitative estimate of drug-likeness (QED) is 0.273. The van der Waals surface area contributed by atoms with E-state index >= 15 is 0 Å². The van der Waals surface area contributed by atoms with Crippen LogP contribution in [0.15, 0.2) is 9.70 Å². The van der Waals surface area contributed by atoms with Gasteiger partial charge in [0.1, 0.15) is 21.8 Å². The Kier molecular flexibility index (Phi) is 9.99. The van der Waals surface area contributed by atoms with Crippen molar-refractivity contribution in [3.63, 3.8) is 0 Å². The van der Waals surface area contributed by atoms with Crippen LogP contribution in [-0.2, 0) is 11.3 Å². The maximum absolute atomic E-state index is 13.5. The molecule has 2 aliphatic heterocycles. The lowest BCUT2D eigenvalue weighted by atomic mass is 9.99. The van der Waals surface area contributed by atoms with Gasteiger partial charge in [-0.15, -0.1) is 0 Å². The average molecular weight is 515 g/mol. The first kappa shape index (κ1) is 27.5. The Hall–Kier alpha value is -2.11. The molecule has 0 spiro atoms. The topological polar surface area (TPSA) is 69.3 Å². The van der Waals surface area contributed by atoms with E-state index in [-0.39, 0.29) is 17.0 Å². The Bertz CT molecular complexity index is 1080. The zero-order chi connectivity index (χ0) is 25.5. The molecule has 3 heterocycles. The van der Waals surface area contributed by atoms with Gasteiger partial charge >= 0.3 is 0 Å². The number of hydrogen-bond donors (Lipinski definition) is 0. The molecule has 1 aromatic heterocycles. The zero-order valence-corrected chi connectivity index (χ0v) is 23.2. The first-order valence-electron chi connectivity index (χ1n) is 13.1. The van der Waals surface area contributed by atoms with Crippen molar-refractivity contribution in [2.75, 3.05) is 24.5 Å². The highest BCUT2D eigenvalue weighted by Gasteiger charge is 2.34. The molecule has 1 amide bonds. The van der Waals surface area contributed by atoms with Gasteiger partial charge in [-0.25, -0.2) is 0 Å². The van der Waals surface area contributed by atoms with Crippen LogP contribution in [0.1, 0.15) is 88.8 Å². The summed E-state index contributed by atoms with van der Waals surface area (Å²) in [5, 5.41) is 9.83. The van der Waals surface area contributed by atoms with Gasteiger partial charge in [-0.1, -0.05) is 70.4 Å². The Morgan fingerprint density at radius 3 is 2.43 bits per heavy atom. The number of unbranched alkanes of at least 4 members (excludes halogenated alkanes) is 2. The van der Waals surface area contributed by atoms with E-state index in [9.17, 15) is 14.9 Å². The Morgan fingerprint density at radius 2 is 1.83 bits per heavy atom. The Morgan fingerprint density at radius 1 is 1.14 bits per heavy atom. The van der Waals surface area contributed by atoms with Gasteiger partial charge in [-0.2, -0.15) is 5.26 Å². The fourth-order valence-electron chi connectivity index (χ4n) is 4.90. The summed E-state index contributed by atoms with van der Waals surface area (Å²) in [6, 6.07) is 2.14. The number of carbonyl (C=O) groups is 1. The standard InChI is InChI=1S/C27H38N4O2S2/c1-5-8-12-20(7-3)18-31-26(33)23(35-27(31)34)16-21-19(4)22(17-28)25(32)30(15-9-6-2)24(21)29-13-10-11-14-29/h16,20H,5-15,18H2,1-4H3. The highest BCUT2D eigenvalue weighted by Crippen LogP contribution is 2.37. The van der Waals surface area contributed by atoms with Crippen LogP contribution in [0.2, 0.25) is 0 Å². The van der Waals surface area contributed by atoms with Crippen molar-refractivity contribution in [3.8, 4) is 6.07 Å². The number of hydrogen-bond acceptors (Lipinski definition) is 6. The lowest BCUT2D eigenvalue weighted by Gasteiger charge is -2.27. The van der Waals surface area contributed by atoms with Crippen LogP contribution in [-0.4, -0.2) is 39.3 Å². The molecule has 0 N–H and O–H groups in total. The molecule has 2 aliphatic rings. The molecule has 8 heteroatoms. The Labute approximate surface area is 219 Å². The summed E-state index contributed by atoms with van der Waals surface area (Å²) in [6.45, 7) is 11.2. The lowest BCUT2D eigenvalue weighted by Crippen LogP contribution is -2.34. The number of nitriles is 1. The number of thioether (sulfide) groups is 1. The Balaban J connectivity index is 2.07. The van der Waals surface area contributed by atoms with Gasteiger partial charge in [0, 0.05) is 31.7 Å². The SMILES string of the molecule is CCCCC(CC)CN1C(=O)C(=Cc2c(C)c(C#N)c(=O)n(CCCC)c2N2CCCC2)SC1=S. The average Bonchev–Trinajstić information content (AvgIpc) is 3.47. The molecular weight excluding hydrogens is 476 g/mol. The molecular formula is C27H38N4O2S2. The molecule has 2 fully saturated rings. The lowest BCUT2D eigenvalue weighted by molar-refractivity contribution is -0.122. The first-order valence-corrected chi connectivity index (χ1v) is 14.3. The van der Waals surface area contributed by atoms with Crippen molar-refractivity contribution >= 4 is 46.1 Å². The summed E-state index contributed by atoms with van der Waals surface area (Å²) in [4.78, 5) is 31.3. The van der Waals surface area contributed by atoms with E-state index in [0.29, 0.717) is 33.8 Å². The minimum atomic E-state index is -0.230. The van der Waals surface area contributed by atoms with E-state index in [0.717, 1.165) is 75.8 Å². The second kappa shape index (κ2) is 12.7. The van der Waals surface area contributed by atoms with Crippen molar-refractivity contribution in [1.29, 1.82) is 5.26 Å². The largest absolute Gasteiger partial charge is 0.357 e. The number of rotatable bonds is 11. The first-order chi connectivity index (χ1) is 16.9.